The normalized spacial score (nSPS) is 22.9. The van der Waals surface area contributed by atoms with Crippen molar-refractivity contribution in [3.63, 3.8) is 0 Å². The lowest BCUT2D eigenvalue weighted by atomic mass is 9.47. The average Bonchev–Trinajstić information content (AvgIpc) is 3.34. The van der Waals surface area contributed by atoms with E-state index in [1.165, 1.54) is 12.0 Å². The Kier molecular flexibility index (Phi) is 6.77. The molecule has 3 aliphatic carbocycles. The summed E-state index contributed by atoms with van der Waals surface area (Å²) in [6, 6.07) is 29.8. The topological polar surface area (TPSA) is 97.3 Å². The smallest absolute Gasteiger partial charge is 0.275 e. The Balaban J connectivity index is 1.34. The number of imide groups is 1. The summed E-state index contributed by atoms with van der Waals surface area (Å²) in [7, 11) is 1.50. The van der Waals surface area contributed by atoms with E-state index in [0.29, 0.717) is 29.4 Å². The quantitative estimate of drug-likeness (QED) is 0.169. The summed E-state index contributed by atoms with van der Waals surface area (Å²) < 4.78 is 11.1. The molecular weight excluding hydrogens is 554 g/mol. The first-order valence-corrected chi connectivity index (χ1v) is 14.8. The van der Waals surface area contributed by atoms with E-state index >= 15 is 0 Å². The molecule has 2 atom stereocenters. The first-order valence-electron chi connectivity index (χ1n) is 14.8. The number of ether oxygens (including phenoxy) is 2. The van der Waals surface area contributed by atoms with Gasteiger partial charge in [-0.25, -0.2) is 10.3 Å². The van der Waals surface area contributed by atoms with Gasteiger partial charge in [0.05, 0.1) is 42.2 Å². The van der Waals surface area contributed by atoms with Gasteiger partial charge in [-0.05, 0) is 65.1 Å². The van der Waals surface area contributed by atoms with Crippen LogP contribution in [0.25, 0.3) is 0 Å². The van der Waals surface area contributed by atoms with Crippen molar-refractivity contribution in [1.82, 2.24) is 5.43 Å². The molecule has 1 heterocycles. The van der Waals surface area contributed by atoms with Crippen molar-refractivity contribution in [2.45, 2.75) is 24.7 Å². The van der Waals surface area contributed by atoms with E-state index in [0.717, 1.165) is 28.7 Å². The van der Waals surface area contributed by atoms with Crippen LogP contribution in [0.2, 0.25) is 0 Å². The summed E-state index contributed by atoms with van der Waals surface area (Å²) in [5.41, 5.74) is 6.19. The number of hydrogen-bond donors (Lipinski definition) is 1. The van der Waals surface area contributed by atoms with Crippen LogP contribution in [0.5, 0.6) is 11.5 Å². The zero-order valence-electron chi connectivity index (χ0n) is 24.4. The van der Waals surface area contributed by atoms with E-state index in [-0.39, 0.29) is 17.7 Å². The Hall–Kier alpha value is -5.24. The number of carbonyl (C=O) groups is 3. The fourth-order valence-corrected chi connectivity index (χ4v) is 7.30. The standard InChI is InChI=1S/C36H31N3O5/c1-3-20-44-23-18-16-22(17-19-23)39-34(41)31-30-24-10-4-7-13-27(24)36(32(31)35(39)42,28-14-8-5-11-25(28)30)21-37-38-33(40)26-12-6-9-15-29(26)43-2/h4-19,21,30-32H,3,20H2,1-2H3,(H,38,40)/b37-21+/t30?,31-,32+,36?/m1/s1. The molecule has 3 amide bonds. The molecule has 0 unspecified atom stereocenters. The van der Waals surface area contributed by atoms with Crippen molar-refractivity contribution in [2.24, 2.45) is 16.9 Å². The molecule has 4 aliphatic rings. The van der Waals surface area contributed by atoms with Gasteiger partial charge in [-0.1, -0.05) is 67.6 Å². The van der Waals surface area contributed by atoms with E-state index in [1.54, 1.807) is 54.7 Å². The van der Waals surface area contributed by atoms with Crippen molar-refractivity contribution in [3.8, 4) is 11.5 Å². The van der Waals surface area contributed by atoms with Crippen LogP contribution in [0, 0.1) is 11.8 Å². The zero-order valence-corrected chi connectivity index (χ0v) is 24.4. The molecule has 0 aromatic heterocycles. The van der Waals surface area contributed by atoms with Crippen molar-refractivity contribution in [1.29, 1.82) is 0 Å². The highest BCUT2D eigenvalue weighted by atomic mass is 16.5. The van der Waals surface area contributed by atoms with Gasteiger partial charge in [-0.15, -0.1) is 0 Å². The van der Waals surface area contributed by atoms with Gasteiger partial charge in [0.2, 0.25) is 11.8 Å². The fraction of sp³-hybridized carbons (Fsp3) is 0.222. The van der Waals surface area contributed by atoms with Crippen LogP contribution in [0.3, 0.4) is 0 Å². The second-order valence-electron chi connectivity index (χ2n) is 11.3. The molecule has 1 aliphatic heterocycles. The number of amides is 3. The van der Waals surface area contributed by atoms with E-state index in [4.69, 9.17) is 9.47 Å². The molecule has 8 nitrogen and oxygen atoms in total. The van der Waals surface area contributed by atoms with Crippen LogP contribution in [0.15, 0.2) is 102 Å². The molecular formula is C36H31N3O5. The van der Waals surface area contributed by atoms with E-state index in [2.05, 4.69) is 10.5 Å². The number of hydrogen-bond acceptors (Lipinski definition) is 6. The number of benzene rings is 4. The number of anilines is 1. The highest BCUT2D eigenvalue weighted by Crippen LogP contribution is 2.63. The van der Waals surface area contributed by atoms with E-state index in [9.17, 15) is 14.4 Å². The molecule has 1 N–H and O–H groups in total. The maximum Gasteiger partial charge on any atom is 0.275 e. The molecule has 2 bridgehead atoms. The second-order valence-corrected chi connectivity index (χ2v) is 11.3. The summed E-state index contributed by atoms with van der Waals surface area (Å²) >= 11 is 0. The number of nitrogens with zero attached hydrogens (tertiary/aromatic N) is 2. The molecule has 0 radical (unpaired) electrons. The Morgan fingerprint density at radius 1 is 0.886 bits per heavy atom. The molecule has 4 aromatic rings. The predicted molar refractivity (Wildman–Crippen MR) is 166 cm³/mol. The third-order valence-corrected chi connectivity index (χ3v) is 9.04. The summed E-state index contributed by atoms with van der Waals surface area (Å²) in [6.07, 6.45) is 2.53. The lowest BCUT2D eigenvalue weighted by molar-refractivity contribution is -0.122. The van der Waals surface area contributed by atoms with Crippen molar-refractivity contribution < 1.29 is 23.9 Å². The lowest BCUT2D eigenvalue weighted by Gasteiger charge is -2.52. The minimum absolute atomic E-state index is 0.243. The summed E-state index contributed by atoms with van der Waals surface area (Å²) in [6.45, 7) is 2.61. The van der Waals surface area contributed by atoms with Gasteiger partial charge in [0.25, 0.3) is 5.91 Å². The average molecular weight is 586 g/mol. The number of rotatable bonds is 8. The maximum atomic E-state index is 14.5. The van der Waals surface area contributed by atoms with Crippen molar-refractivity contribution in [2.75, 3.05) is 18.6 Å². The first-order chi connectivity index (χ1) is 21.5. The van der Waals surface area contributed by atoms with Crippen LogP contribution in [0.1, 0.15) is 51.9 Å². The second kappa shape index (κ2) is 10.8. The third kappa shape index (κ3) is 3.97. The summed E-state index contributed by atoms with van der Waals surface area (Å²) in [5.74, 6) is -1.57. The number of hydrazone groups is 1. The molecule has 44 heavy (non-hydrogen) atoms. The summed E-state index contributed by atoms with van der Waals surface area (Å²) in [5, 5.41) is 4.49. The van der Waals surface area contributed by atoms with Gasteiger partial charge in [0, 0.05) is 12.1 Å². The lowest BCUT2D eigenvalue weighted by Crippen LogP contribution is -2.54. The minimum atomic E-state index is -1.09. The molecule has 0 saturated carbocycles. The van der Waals surface area contributed by atoms with Gasteiger partial charge >= 0.3 is 0 Å². The van der Waals surface area contributed by atoms with Crippen LogP contribution in [0.4, 0.5) is 5.69 Å². The Bertz CT molecular complexity index is 1770. The van der Waals surface area contributed by atoms with Gasteiger partial charge < -0.3 is 9.47 Å². The molecule has 220 valence electrons. The van der Waals surface area contributed by atoms with Gasteiger partial charge in [0.1, 0.15) is 11.5 Å². The fourth-order valence-electron chi connectivity index (χ4n) is 7.30. The highest BCUT2D eigenvalue weighted by Gasteiger charge is 2.68. The van der Waals surface area contributed by atoms with Crippen LogP contribution in [-0.4, -0.2) is 37.7 Å². The number of carbonyl (C=O) groups excluding carboxylic acids is 3. The molecule has 8 rings (SSSR count). The minimum Gasteiger partial charge on any atom is -0.496 e. The Morgan fingerprint density at radius 2 is 1.52 bits per heavy atom. The molecule has 1 saturated heterocycles. The van der Waals surface area contributed by atoms with Gasteiger partial charge in [-0.2, -0.15) is 5.10 Å². The Labute approximate surface area is 255 Å². The molecule has 8 heteroatoms. The monoisotopic (exact) mass is 585 g/mol. The Morgan fingerprint density at radius 3 is 2.18 bits per heavy atom. The van der Waals surface area contributed by atoms with Crippen molar-refractivity contribution >= 4 is 29.6 Å². The zero-order chi connectivity index (χ0) is 30.4. The number of methoxy groups -OCH3 is 1. The van der Waals surface area contributed by atoms with E-state index < -0.39 is 23.2 Å². The SMILES string of the molecule is CCCOc1ccc(N2C(=O)[C@@H]3C4c5ccccc5C(/C=N/NC(=O)c5ccccc5OC)(c5ccccc54)[C@@H]3C2=O)cc1. The predicted octanol–water partition coefficient (Wildman–Crippen LogP) is 5.45. The van der Waals surface area contributed by atoms with E-state index in [1.807, 2.05) is 55.5 Å². The largest absolute Gasteiger partial charge is 0.496 e. The van der Waals surface area contributed by atoms with Crippen LogP contribution < -0.4 is 19.8 Å². The first kappa shape index (κ1) is 27.6. The van der Waals surface area contributed by atoms with Gasteiger partial charge in [0.15, 0.2) is 0 Å². The van der Waals surface area contributed by atoms with Crippen molar-refractivity contribution in [3.05, 3.63) is 125 Å². The highest BCUT2D eigenvalue weighted by molar-refractivity contribution is 6.25. The maximum absolute atomic E-state index is 14.5. The van der Waals surface area contributed by atoms with Crippen LogP contribution >= 0.6 is 0 Å². The third-order valence-electron chi connectivity index (χ3n) is 9.04. The molecule has 1 fully saturated rings. The molecule has 0 spiro atoms. The van der Waals surface area contributed by atoms with Crippen LogP contribution in [-0.2, 0) is 15.0 Å². The number of nitrogens with one attached hydrogen (secondary N) is 1. The summed E-state index contributed by atoms with van der Waals surface area (Å²) in [4.78, 5) is 43.4. The molecule has 4 aromatic carbocycles. The number of para-hydroxylation sites is 1. The van der Waals surface area contributed by atoms with Gasteiger partial charge in [-0.3, -0.25) is 14.4 Å².